The molecule has 0 saturated carbocycles. The van der Waals surface area contributed by atoms with Crippen LogP contribution in [-0.4, -0.2) is 13.2 Å². The zero-order valence-electron chi connectivity index (χ0n) is 12.6. The molecule has 0 aliphatic carbocycles. The number of rotatable bonds is 4. The van der Waals surface area contributed by atoms with Gasteiger partial charge in [0, 0.05) is 6.07 Å². The number of benzene rings is 1. The number of hydrogen-bond acceptors (Lipinski definition) is 3. The lowest BCUT2D eigenvalue weighted by Crippen LogP contribution is -2.41. The highest BCUT2D eigenvalue weighted by molar-refractivity contribution is 6.74. The second-order valence-corrected chi connectivity index (χ2v) is 11.1. The monoisotopic (exact) mass is 281 g/mol. The van der Waals surface area contributed by atoms with Crippen molar-refractivity contribution in [3.05, 3.63) is 39.9 Å². The van der Waals surface area contributed by atoms with E-state index in [-0.39, 0.29) is 21.8 Å². The van der Waals surface area contributed by atoms with Crippen molar-refractivity contribution < 1.29 is 9.35 Å². The van der Waals surface area contributed by atoms with Gasteiger partial charge in [0.25, 0.3) is 5.69 Å². The van der Waals surface area contributed by atoms with E-state index in [2.05, 4.69) is 33.9 Å². The number of nitro benzene ring substituents is 1. The molecule has 1 unspecified atom stereocenters. The molecule has 1 atom stereocenters. The fourth-order valence-corrected chi connectivity index (χ4v) is 3.04. The Morgan fingerprint density at radius 1 is 1.26 bits per heavy atom. The Balaban J connectivity index is 3.03. The summed E-state index contributed by atoms with van der Waals surface area (Å²) in [6, 6.07) is 6.80. The van der Waals surface area contributed by atoms with Gasteiger partial charge >= 0.3 is 0 Å². The van der Waals surface area contributed by atoms with Crippen LogP contribution in [0.4, 0.5) is 5.69 Å². The molecule has 0 bridgehead atoms. The summed E-state index contributed by atoms with van der Waals surface area (Å²) in [7, 11) is -1.93. The molecule has 5 heteroatoms. The third kappa shape index (κ3) is 3.64. The quantitative estimate of drug-likeness (QED) is 0.457. The fourth-order valence-electron chi connectivity index (χ4n) is 1.68. The fraction of sp³-hybridized carbons (Fsp3) is 0.571. The first-order chi connectivity index (χ1) is 8.56. The minimum absolute atomic E-state index is 0.0881. The van der Waals surface area contributed by atoms with Crippen molar-refractivity contribution in [1.29, 1.82) is 0 Å². The first-order valence-electron chi connectivity index (χ1n) is 6.47. The van der Waals surface area contributed by atoms with Gasteiger partial charge in [-0.3, -0.25) is 10.1 Å². The van der Waals surface area contributed by atoms with Crippen molar-refractivity contribution in [3.8, 4) is 0 Å². The molecule has 0 aliphatic rings. The molecule has 0 N–H and O–H groups in total. The molecule has 0 aliphatic heterocycles. The highest BCUT2D eigenvalue weighted by atomic mass is 28.4. The van der Waals surface area contributed by atoms with Crippen molar-refractivity contribution in [2.24, 2.45) is 0 Å². The Morgan fingerprint density at radius 3 is 2.26 bits per heavy atom. The van der Waals surface area contributed by atoms with Gasteiger partial charge in [0.05, 0.1) is 16.6 Å². The van der Waals surface area contributed by atoms with E-state index < -0.39 is 8.32 Å². The average molecular weight is 281 g/mol. The van der Waals surface area contributed by atoms with E-state index in [4.69, 9.17) is 4.43 Å². The molecule has 0 fully saturated rings. The standard InChI is InChI=1S/C14H23NO3Si/c1-11(18-19(5,6)14(2,3)4)12-9-7-8-10-13(12)15(16)17/h7-11H,1-6H3. The Kier molecular flexibility index (Phi) is 4.53. The zero-order valence-corrected chi connectivity index (χ0v) is 13.6. The average Bonchev–Trinajstić information content (AvgIpc) is 2.26. The molecule has 19 heavy (non-hydrogen) atoms. The Hall–Kier alpha value is -1.20. The van der Waals surface area contributed by atoms with Crippen LogP contribution in [0, 0.1) is 10.1 Å². The van der Waals surface area contributed by atoms with Crippen LogP contribution >= 0.6 is 0 Å². The van der Waals surface area contributed by atoms with Crippen LogP contribution in [0.5, 0.6) is 0 Å². The van der Waals surface area contributed by atoms with Gasteiger partial charge in [0.1, 0.15) is 0 Å². The van der Waals surface area contributed by atoms with Crippen molar-refractivity contribution in [3.63, 3.8) is 0 Å². The predicted molar refractivity (Wildman–Crippen MR) is 79.8 cm³/mol. The smallest absolute Gasteiger partial charge is 0.275 e. The number of para-hydroxylation sites is 1. The first kappa shape index (κ1) is 15.9. The van der Waals surface area contributed by atoms with Crippen LogP contribution in [0.3, 0.4) is 0 Å². The Bertz CT molecular complexity index is 466. The Morgan fingerprint density at radius 2 is 1.79 bits per heavy atom. The van der Waals surface area contributed by atoms with Crippen molar-refractivity contribution >= 4 is 14.0 Å². The zero-order chi connectivity index (χ0) is 14.8. The summed E-state index contributed by atoms with van der Waals surface area (Å²) in [6.45, 7) is 12.7. The van der Waals surface area contributed by atoms with Crippen LogP contribution in [0.1, 0.15) is 39.4 Å². The molecule has 0 radical (unpaired) electrons. The van der Waals surface area contributed by atoms with Crippen molar-refractivity contribution in [1.82, 2.24) is 0 Å². The van der Waals surface area contributed by atoms with Gasteiger partial charge in [-0.15, -0.1) is 0 Å². The summed E-state index contributed by atoms with van der Waals surface area (Å²) >= 11 is 0. The van der Waals surface area contributed by atoms with Gasteiger partial charge in [-0.1, -0.05) is 32.9 Å². The van der Waals surface area contributed by atoms with Crippen molar-refractivity contribution in [2.75, 3.05) is 0 Å². The van der Waals surface area contributed by atoms with Gasteiger partial charge in [-0.25, -0.2) is 0 Å². The van der Waals surface area contributed by atoms with Crippen LogP contribution in [0.15, 0.2) is 24.3 Å². The third-order valence-corrected chi connectivity index (χ3v) is 8.40. The molecule has 1 aromatic carbocycles. The van der Waals surface area contributed by atoms with Crippen molar-refractivity contribution in [2.45, 2.75) is 51.9 Å². The number of hydrogen-bond donors (Lipinski definition) is 0. The normalized spacial score (nSPS) is 14.2. The molecule has 0 aromatic heterocycles. The summed E-state index contributed by atoms with van der Waals surface area (Å²) in [5, 5.41) is 11.1. The molecule has 1 aromatic rings. The van der Waals surface area contributed by atoms with Crippen LogP contribution in [0.25, 0.3) is 0 Å². The number of nitro groups is 1. The highest BCUT2D eigenvalue weighted by Gasteiger charge is 2.39. The van der Waals surface area contributed by atoms with Gasteiger partial charge in [0.15, 0.2) is 8.32 Å². The molecular formula is C14H23NO3Si. The van der Waals surface area contributed by atoms with E-state index in [0.717, 1.165) is 0 Å². The summed E-state index contributed by atoms with van der Waals surface area (Å²) in [4.78, 5) is 10.7. The lowest BCUT2D eigenvalue weighted by Gasteiger charge is -2.38. The van der Waals surface area contributed by atoms with Crippen LogP contribution in [0.2, 0.25) is 18.1 Å². The number of nitrogens with zero attached hydrogens (tertiary/aromatic N) is 1. The second-order valence-electron chi connectivity index (χ2n) is 6.34. The van der Waals surface area contributed by atoms with Gasteiger partial charge in [-0.05, 0) is 31.1 Å². The SMILES string of the molecule is CC(O[Si](C)(C)C(C)(C)C)c1ccccc1[N+](=O)[O-]. The molecular weight excluding hydrogens is 258 g/mol. The van der Waals surface area contributed by atoms with E-state index in [9.17, 15) is 10.1 Å². The first-order valence-corrected chi connectivity index (χ1v) is 9.38. The van der Waals surface area contributed by atoms with E-state index in [1.165, 1.54) is 6.07 Å². The van der Waals surface area contributed by atoms with E-state index in [0.29, 0.717) is 5.56 Å². The summed E-state index contributed by atoms with van der Waals surface area (Å²) in [5.74, 6) is 0. The predicted octanol–water partition coefficient (Wildman–Crippen LogP) is 4.68. The molecule has 0 heterocycles. The minimum Gasteiger partial charge on any atom is -0.410 e. The van der Waals surface area contributed by atoms with Gasteiger partial charge < -0.3 is 4.43 Å². The molecule has 0 amide bonds. The molecule has 0 spiro atoms. The van der Waals surface area contributed by atoms with Gasteiger partial charge in [0.2, 0.25) is 0 Å². The summed E-state index contributed by atoms with van der Waals surface area (Å²) in [6.07, 6.45) is -0.262. The minimum atomic E-state index is -1.93. The molecule has 0 saturated heterocycles. The third-order valence-electron chi connectivity index (χ3n) is 3.85. The molecule has 4 nitrogen and oxygen atoms in total. The largest absolute Gasteiger partial charge is 0.410 e. The lowest BCUT2D eigenvalue weighted by molar-refractivity contribution is -0.386. The maximum Gasteiger partial charge on any atom is 0.275 e. The molecule has 106 valence electrons. The summed E-state index contributed by atoms with van der Waals surface area (Å²) in [5.41, 5.74) is 0.783. The maximum absolute atomic E-state index is 11.1. The van der Waals surface area contributed by atoms with Gasteiger partial charge in [-0.2, -0.15) is 0 Å². The molecule has 1 rings (SSSR count). The Labute approximate surface area is 116 Å². The van der Waals surface area contributed by atoms with Crippen LogP contribution < -0.4 is 0 Å². The maximum atomic E-state index is 11.1. The van der Waals surface area contributed by atoms with E-state index in [1.54, 1.807) is 12.1 Å². The summed E-state index contributed by atoms with van der Waals surface area (Å²) < 4.78 is 6.21. The van der Waals surface area contributed by atoms with Crippen LogP contribution in [-0.2, 0) is 4.43 Å². The topological polar surface area (TPSA) is 52.4 Å². The lowest BCUT2D eigenvalue weighted by atomic mass is 10.1. The highest BCUT2D eigenvalue weighted by Crippen LogP contribution is 2.40. The second kappa shape index (κ2) is 5.42. The van der Waals surface area contributed by atoms with E-state index >= 15 is 0 Å². The van der Waals surface area contributed by atoms with E-state index in [1.807, 2.05) is 13.0 Å².